The van der Waals surface area contributed by atoms with Crippen molar-refractivity contribution < 1.29 is 14.5 Å². The minimum absolute atomic E-state index is 0.0482. The van der Waals surface area contributed by atoms with E-state index in [1.54, 1.807) is 16.8 Å². The summed E-state index contributed by atoms with van der Waals surface area (Å²) in [7, 11) is 0. The van der Waals surface area contributed by atoms with Crippen molar-refractivity contribution in [3.63, 3.8) is 0 Å². The fourth-order valence-electron chi connectivity index (χ4n) is 3.05. The number of rotatable bonds is 6. The average Bonchev–Trinajstić information content (AvgIpc) is 2.99. The van der Waals surface area contributed by atoms with Crippen LogP contribution in [-0.2, 0) is 17.8 Å². The van der Waals surface area contributed by atoms with Crippen LogP contribution < -0.4 is 5.32 Å². The summed E-state index contributed by atoms with van der Waals surface area (Å²) in [4.78, 5) is 34.3. The van der Waals surface area contributed by atoms with Gasteiger partial charge in [-0.3, -0.25) is 19.7 Å². The van der Waals surface area contributed by atoms with Crippen molar-refractivity contribution in [1.82, 2.24) is 4.57 Å². The van der Waals surface area contributed by atoms with Crippen LogP contribution in [0.1, 0.15) is 22.8 Å². The molecule has 0 saturated heterocycles. The number of aromatic nitrogens is 1. The van der Waals surface area contributed by atoms with Crippen molar-refractivity contribution in [3.05, 3.63) is 69.9 Å². The van der Waals surface area contributed by atoms with E-state index in [2.05, 4.69) is 5.32 Å². The van der Waals surface area contributed by atoms with E-state index in [4.69, 9.17) is 0 Å². The number of nitro benzene ring substituents is 1. The molecule has 0 aliphatic heterocycles. The number of aldehydes is 1. The second-order valence-electron chi connectivity index (χ2n) is 5.82. The number of carbonyl (C=O) groups is 2. The molecule has 0 atom stereocenters. The zero-order valence-electron chi connectivity index (χ0n) is 14.1. The molecular weight excluding hydrogens is 334 g/mol. The summed E-state index contributed by atoms with van der Waals surface area (Å²) in [5.74, 6) is -0.403. The van der Waals surface area contributed by atoms with E-state index < -0.39 is 10.8 Å². The molecule has 0 saturated carbocycles. The van der Waals surface area contributed by atoms with Gasteiger partial charge in [0.1, 0.15) is 12.2 Å². The first-order valence-electron chi connectivity index (χ1n) is 8.14. The molecule has 0 aliphatic rings. The quantitative estimate of drug-likeness (QED) is 0.417. The molecule has 1 amide bonds. The molecule has 26 heavy (non-hydrogen) atoms. The molecule has 2 aromatic carbocycles. The van der Waals surface area contributed by atoms with Crippen LogP contribution in [0.15, 0.2) is 48.7 Å². The average molecular weight is 351 g/mol. The summed E-state index contributed by atoms with van der Waals surface area (Å²) in [5, 5.41) is 14.4. The van der Waals surface area contributed by atoms with Gasteiger partial charge in [-0.25, -0.2) is 0 Å². The van der Waals surface area contributed by atoms with Crippen LogP contribution in [-0.4, -0.2) is 21.7 Å². The van der Waals surface area contributed by atoms with Gasteiger partial charge in [-0.1, -0.05) is 37.3 Å². The molecule has 0 radical (unpaired) electrons. The van der Waals surface area contributed by atoms with E-state index >= 15 is 0 Å². The molecule has 3 rings (SSSR count). The first-order chi connectivity index (χ1) is 12.5. The van der Waals surface area contributed by atoms with E-state index in [1.807, 2.05) is 25.1 Å². The summed E-state index contributed by atoms with van der Waals surface area (Å²) in [5.41, 5.74) is 2.34. The lowest BCUT2D eigenvalue weighted by Gasteiger charge is -2.10. The van der Waals surface area contributed by atoms with E-state index in [1.165, 1.54) is 18.2 Å². The number of hydrogen-bond acceptors (Lipinski definition) is 4. The highest BCUT2D eigenvalue weighted by molar-refractivity contribution is 6.00. The maximum absolute atomic E-state index is 12.5. The highest BCUT2D eigenvalue weighted by Gasteiger charge is 2.17. The van der Waals surface area contributed by atoms with Gasteiger partial charge in [0.25, 0.3) is 5.69 Å². The number of carbonyl (C=O) groups excluding carboxylic acids is 2. The Morgan fingerprint density at radius 2 is 2.00 bits per heavy atom. The number of benzene rings is 2. The number of fused-ring (bicyclic) bond motifs is 1. The van der Waals surface area contributed by atoms with Gasteiger partial charge in [0.15, 0.2) is 6.29 Å². The van der Waals surface area contributed by atoms with Gasteiger partial charge in [-0.2, -0.15) is 0 Å². The molecule has 0 spiro atoms. The monoisotopic (exact) mass is 351 g/mol. The van der Waals surface area contributed by atoms with Gasteiger partial charge in [0.2, 0.25) is 5.91 Å². The van der Waals surface area contributed by atoms with E-state index in [0.717, 1.165) is 29.2 Å². The van der Waals surface area contributed by atoms with Crippen LogP contribution in [0.4, 0.5) is 11.4 Å². The molecule has 7 heteroatoms. The number of anilines is 1. The molecule has 1 N–H and O–H groups in total. The van der Waals surface area contributed by atoms with Crippen LogP contribution in [0.25, 0.3) is 10.9 Å². The van der Waals surface area contributed by atoms with Crippen LogP contribution >= 0.6 is 0 Å². The zero-order valence-corrected chi connectivity index (χ0v) is 14.1. The second-order valence-corrected chi connectivity index (χ2v) is 5.82. The smallest absolute Gasteiger partial charge is 0.292 e. The Balaban J connectivity index is 1.93. The maximum Gasteiger partial charge on any atom is 0.292 e. The lowest BCUT2D eigenvalue weighted by Crippen LogP contribution is -2.19. The first-order valence-corrected chi connectivity index (χ1v) is 8.14. The second kappa shape index (κ2) is 7.18. The largest absolute Gasteiger partial charge is 0.337 e. The van der Waals surface area contributed by atoms with Crippen molar-refractivity contribution in [2.24, 2.45) is 0 Å². The third-order valence-corrected chi connectivity index (χ3v) is 4.21. The number of nitrogens with zero attached hydrogens (tertiary/aromatic N) is 2. The minimum Gasteiger partial charge on any atom is -0.337 e. The van der Waals surface area contributed by atoms with E-state index in [9.17, 15) is 19.7 Å². The van der Waals surface area contributed by atoms with E-state index in [0.29, 0.717) is 5.56 Å². The van der Waals surface area contributed by atoms with Crippen molar-refractivity contribution in [3.8, 4) is 0 Å². The van der Waals surface area contributed by atoms with Crippen molar-refractivity contribution in [2.75, 3.05) is 5.32 Å². The Hall–Kier alpha value is -3.48. The van der Waals surface area contributed by atoms with Crippen LogP contribution in [0.2, 0.25) is 0 Å². The fourth-order valence-corrected chi connectivity index (χ4v) is 3.05. The summed E-state index contributed by atoms with van der Waals surface area (Å²) >= 11 is 0. The summed E-state index contributed by atoms with van der Waals surface area (Å²) in [6.45, 7) is 1.95. The molecule has 132 valence electrons. The SMILES string of the molecule is CCc1cccc2c(C=O)cn(CC(=O)Nc3ccccc3[N+](=O)[O-])c12. The Labute approximate surface area is 149 Å². The molecular formula is C19H17N3O4. The van der Waals surface area contributed by atoms with Crippen molar-refractivity contribution in [1.29, 1.82) is 0 Å². The molecule has 7 nitrogen and oxygen atoms in total. The minimum atomic E-state index is -0.541. The molecule has 0 unspecified atom stereocenters. The van der Waals surface area contributed by atoms with Gasteiger partial charge in [-0.05, 0) is 18.1 Å². The summed E-state index contributed by atoms with van der Waals surface area (Å²) in [6.07, 6.45) is 3.15. The Morgan fingerprint density at radius 3 is 2.69 bits per heavy atom. The predicted octanol–water partition coefficient (Wildman–Crippen LogP) is 3.56. The molecule has 1 heterocycles. The number of para-hydroxylation sites is 3. The van der Waals surface area contributed by atoms with Gasteiger partial charge in [0.05, 0.1) is 10.4 Å². The highest BCUT2D eigenvalue weighted by Crippen LogP contribution is 2.26. The molecule has 0 aliphatic carbocycles. The predicted molar refractivity (Wildman–Crippen MR) is 98.4 cm³/mol. The first kappa shape index (κ1) is 17.3. The Kier molecular flexibility index (Phi) is 4.79. The van der Waals surface area contributed by atoms with Gasteiger partial charge in [0, 0.05) is 23.2 Å². The molecule has 0 bridgehead atoms. The van der Waals surface area contributed by atoms with Gasteiger partial charge in [-0.15, -0.1) is 0 Å². The van der Waals surface area contributed by atoms with Gasteiger partial charge < -0.3 is 9.88 Å². The van der Waals surface area contributed by atoms with Crippen LogP contribution in [0, 0.1) is 10.1 Å². The number of aryl methyl sites for hydroxylation is 1. The fraction of sp³-hybridized carbons (Fsp3) is 0.158. The lowest BCUT2D eigenvalue weighted by molar-refractivity contribution is -0.383. The molecule has 3 aromatic rings. The van der Waals surface area contributed by atoms with Crippen LogP contribution in [0.3, 0.4) is 0 Å². The molecule has 0 fully saturated rings. The highest BCUT2D eigenvalue weighted by atomic mass is 16.6. The standard InChI is InChI=1S/C19H17N3O4/c1-2-13-6-5-7-15-14(12-23)10-21(19(13)15)11-18(24)20-16-8-3-4-9-17(16)22(25)26/h3-10,12H,2,11H2,1H3,(H,20,24). The number of hydrogen-bond donors (Lipinski definition) is 1. The maximum atomic E-state index is 12.5. The summed E-state index contributed by atoms with van der Waals surface area (Å²) in [6, 6.07) is 11.6. The number of nitro groups is 1. The number of nitrogens with one attached hydrogen (secondary N) is 1. The van der Waals surface area contributed by atoms with Crippen molar-refractivity contribution in [2.45, 2.75) is 19.9 Å². The van der Waals surface area contributed by atoms with Crippen LogP contribution in [0.5, 0.6) is 0 Å². The number of amides is 1. The van der Waals surface area contributed by atoms with E-state index in [-0.39, 0.29) is 17.9 Å². The Morgan fingerprint density at radius 1 is 1.23 bits per heavy atom. The third-order valence-electron chi connectivity index (χ3n) is 4.21. The summed E-state index contributed by atoms with van der Waals surface area (Å²) < 4.78 is 1.71. The Bertz CT molecular complexity index is 1010. The van der Waals surface area contributed by atoms with Gasteiger partial charge >= 0.3 is 0 Å². The topological polar surface area (TPSA) is 94.2 Å². The lowest BCUT2D eigenvalue weighted by atomic mass is 10.1. The van der Waals surface area contributed by atoms with Crippen molar-refractivity contribution >= 4 is 34.5 Å². The third kappa shape index (κ3) is 3.19. The molecule has 1 aromatic heterocycles. The zero-order chi connectivity index (χ0) is 18.7. The normalized spacial score (nSPS) is 10.7.